The summed E-state index contributed by atoms with van der Waals surface area (Å²) >= 11 is 1.19. The number of para-hydroxylation sites is 1. The van der Waals surface area contributed by atoms with Gasteiger partial charge in [0.05, 0.1) is 23.0 Å². The Labute approximate surface area is 128 Å². The third-order valence-corrected chi connectivity index (χ3v) is 3.92. The molecule has 5 nitrogen and oxygen atoms in total. The van der Waals surface area contributed by atoms with Gasteiger partial charge in [-0.1, -0.05) is 23.3 Å². The van der Waals surface area contributed by atoms with Crippen LogP contribution in [0.3, 0.4) is 0 Å². The van der Waals surface area contributed by atoms with E-state index in [1.165, 1.54) is 40.6 Å². The van der Waals surface area contributed by atoms with Crippen LogP contribution in [0.4, 0.5) is 4.39 Å². The minimum atomic E-state index is -0.550. The smallest absolute Gasteiger partial charge is 0.299 e. The minimum absolute atomic E-state index is 0.118. The van der Waals surface area contributed by atoms with Crippen LogP contribution in [0.2, 0.25) is 0 Å². The second-order valence-electron chi connectivity index (χ2n) is 4.27. The Morgan fingerprint density at radius 3 is 3.05 bits per heavy atom. The van der Waals surface area contributed by atoms with Crippen LogP contribution in [0.15, 0.2) is 41.8 Å². The molecule has 0 aliphatic rings. The number of terminal acetylenes is 1. The van der Waals surface area contributed by atoms with Crippen molar-refractivity contribution in [1.29, 1.82) is 0 Å². The molecule has 0 aliphatic carbocycles. The van der Waals surface area contributed by atoms with E-state index in [2.05, 4.69) is 20.9 Å². The molecule has 0 saturated heterocycles. The van der Waals surface area contributed by atoms with E-state index in [1.807, 2.05) is 0 Å². The molecule has 0 fully saturated rings. The predicted octanol–water partition coefficient (Wildman–Crippen LogP) is 2.01. The zero-order valence-corrected chi connectivity index (χ0v) is 12.0. The van der Waals surface area contributed by atoms with E-state index >= 15 is 0 Å². The van der Waals surface area contributed by atoms with Crippen LogP contribution in [0.25, 0.3) is 10.2 Å². The number of nitrogens with zero attached hydrogens (tertiary/aromatic N) is 4. The van der Waals surface area contributed by atoms with Crippen LogP contribution in [0, 0.1) is 18.2 Å². The lowest BCUT2D eigenvalue weighted by molar-refractivity contribution is 0.0992. The van der Waals surface area contributed by atoms with Crippen molar-refractivity contribution < 1.29 is 9.18 Å². The number of hydrogen-bond acceptors (Lipinski definition) is 4. The summed E-state index contributed by atoms with van der Waals surface area (Å²) in [5, 5.41) is 0. The van der Waals surface area contributed by atoms with Gasteiger partial charge in [0.1, 0.15) is 11.5 Å². The highest BCUT2D eigenvalue weighted by atomic mass is 32.1. The predicted molar refractivity (Wildman–Crippen MR) is 80.5 cm³/mol. The maximum Gasteiger partial charge on any atom is 0.299 e. The van der Waals surface area contributed by atoms with Crippen molar-refractivity contribution in [2.24, 2.45) is 4.99 Å². The average molecular weight is 312 g/mol. The lowest BCUT2D eigenvalue weighted by Gasteiger charge is -2.00. The van der Waals surface area contributed by atoms with Crippen molar-refractivity contribution in [3.63, 3.8) is 0 Å². The second-order valence-corrected chi connectivity index (χ2v) is 5.28. The Hall–Kier alpha value is -2.85. The lowest BCUT2D eigenvalue weighted by atomic mass is 10.3. The quantitative estimate of drug-likeness (QED) is 0.680. The number of fused-ring (bicyclic) bond motifs is 1. The molecule has 0 spiro atoms. The third-order valence-electron chi connectivity index (χ3n) is 2.88. The molecule has 0 N–H and O–H groups in total. The lowest BCUT2D eigenvalue weighted by Crippen LogP contribution is -2.17. The summed E-state index contributed by atoms with van der Waals surface area (Å²) in [4.78, 5) is 24.2. The van der Waals surface area contributed by atoms with Crippen molar-refractivity contribution in [3.05, 3.63) is 53.1 Å². The molecule has 7 heteroatoms. The molecule has 2 heterocycles. The zero-order chi connectivity index (χ0) is 15.5. The van der Waals surface area contributed by atoms with Gasteiger partial charge in [-0.3, -0.25) is 9.78 Å². The van der Waals surface area contributed by atoms with Crippen molar-refractivity contribution in [1.82, 2.24) is 14.5 Å². The number of thiazole rings is 1. The maximum atomic E-state index is 14.0. The van der Waals surface area contributed by atoms with Crippen LogP contribution in [-0.4, -0.2) is 20.4 Å². The average Bonchev–Trinajstić information content (AvgIpc) is 2.87. The number of hydrogen-bond donors (Lipinski definition) is 0. The summed E-state index contributed by atoms with van der Waals surface area (Å²) in [6.45, 7) is 0.119. The molecule has 22 heavy (non-hydrogen) atoms. The second kappa shape index (κ2) is 5.87. The number of halogens is 1. The van der Waals surface area contributed by atoms with E-state index in [0.717, 1.165) is 0 Å². The van der Waals surface area contributed by atoms with Gasteiger partial charge in [0.25, 0.3) is 5.91 Å². The minimum Gasteiger partial charge on any atom is -0.302 e. The summed E-state index contributed by atoms with van der Waals surface area (Å²) in [5.41, 5.74) is 0.462. The Morgan fingerprint density at radius 1 is 1.45 bits per heavy atom. The number of benzene rings is 1. The zero-order valence-electron chi connectivity index (χ0n) is 11.2. The summed E-state index contributed by atoms with van der Waals surface area (Å²) in [6, 6.07) is 4.70. The number of rotatable bonds is 2. The molecule has 0 aliphatic heterocycles. The Balaban J connectivity index is 2.21. The van der Waals surface area contributed by atoms with E-state index in [4.69, 9.17) is 6.42 Å². The molecule has 3 rings (SSSR count). The van der Waals surface area contributed by atoms with Gasteiger partial charge >= 0.3 is 0 Å². The van der Waals surface area contributed by atoms with Crippen molar-refractivity contribution >= 4 is 27.5 Å². The molecule has 0 radical (unpaired) electrons. The van der Waals surface area contributed by atoms with Crippen molar-refractivity contribution in [2.75, 3.05) is 0 Å². The molecule has 0 bridgehead atoms. The van der Waals surface area contributed by atoms with E-state index in [0.29, 0.717) is 15.0 Å². The normalized spacial score (nSPS) is 11.5. The largest absolute Gasteiger partial charge is 0.302 e. The van der Waals surface area contributed by atoms with Crippen LogP contribution >= 0.6 is 11.3 Å². The van der Waals surface area contributed by atoms with Gasteiger partial charge in [0.15, 0.2) is 4.80 Å². The summed E-state index contributed by atoms with van der Waals surface area (Å²) in [6.07, 6.45) is 9.53. The summed E-state index contributed by atoms with van der Waals surface area (Å²) in [7, 11) is 0. The maximum absolute atomic E-state index is 14.0. The van der Waals surface area contributed by atoms with Crippen molar-refractivity contribution in [3.8, 4) is 12.3 Å². The van der Waals surface area contributed by atoms with E-state index < -0.39 is 11.7 Å². The van der Waals surface area contributed by atoms with E-state index in [9.17, 15) is 9.18 Å². The van der Waals surface area contributed by atoms with Crippen molar-refractivity contribution in [2.45, 2.75) is 6.54 Å². The molecule has 1 aromatic carbocycles. The highest BCUT2D eigenvalue weighted by Gasteiger charge is 2.12. The first kappa shape index (κ1) is 14.1. The summed E-state index contributed by atoms with van der Waals surface area (Å²) in [5.74, 6) is 1.49. The first-order valence-corrected chi connectivity index (χ1v) is 7.08. The topological polar surface area (TPSA) is 60.1 Å². The molecule has 1 amide bonds. The van der Waals surface area contributed by atoms with Gasteiger partial charge in [0, 0.05) is 12.4 Å². The molecule has 0 unspecified atom stereocenters. The first-order valence-electron chi connectivity index (χ1n) is 6.27. The van der Waals surface area contributed by atoms with Gasteiger partial charge < -0.3 is 4.57 Å². The molecule has 3 aromatic rings. The fourth-order valence-corrected chi connectivity index (χ4v) is 3.01. The van der Waals surface area contributed by atoms with E-state index in [-0.39, 0.29) is 12.2 Å². The highest BCUT2D eigenvalue weighted by molar-refractivity contribution is 7.16. The van der Waals surface area contributed by atoms with Gasteiger partial charge in [-0.2, -0.15) is 4.99 Å². The molecule has 108 valence electrons. The monoisotopic (exact) mass is 312 g/mol. The molecule has 2 aromatic heterocycles. The van der Waals surface area contributed by atoms with Crippen LogP contribution < -0.4 is 4.80 Å². The van der Waals surface area contributed by atoms with Gasteiger partial charge in [-0.05, 0) is 12.1 Å². The SMILES string of the molecule is C#CCn1c(=NC(=O)c2cnccn2)sc2cccc(F)c21. The fraction of sp³-hybridized carbons (Fsp3) is 0.0667. The van der Waals surface area contributed by atoms with E-state index in [1.54, 1.807) is 12.1 Å². The third kappa shape index (κ3) is 2.52. The standard InChI is InChI=1S/C15H9FN4OS/c1-2-8-20-13-10(16)4-3-5-12(13)22-15(20)19-14(21)11-9-17-6-7-18-11/h1,3-7,9H,8H2. The Morgan fingerprint density at radius 2 is 2.32 bits per heavy atom. The number of carbonyl (C=O) groups excluding carboxylic acids is 1. The number of amides is 1. The van der Waals surface area contributed by atoms with Crippen LogP contribution in [-0.2, 0) is 6.54 Å². The molecular formula is C15H9FN4OS. The van der Waals surface area contributed by atoms with Crippen LogP contribution in [0.1, 0.15) is 10.5 Å². The summed E-state index contributed by atoms with van der Waals surface area (Å²) < 4.78 is 16.2. The molecule has 0 atom stereocenters. The first-order chi connectivity index (χ1) is 10.7. The Bertz CT molecular complexity index is 953. The number of carbonyl (C=O) groups is 1. The van der Waals surface area contributed by atoms with Gasteiger partial charge in [0.2, 0.25) is 0 Å². The highest BCUT2D eigenvalue weighted by Crippen LogP contribution is 2.20. The molecular weight excluding hydrogens is 303 g/mol. The molecule has 0 saturated carbocycles. The van der Waals surface area contributed by atoms with Gasteiger partial charge in [-0.15, -0.1) is 6.42 Å². The van der Waals surface area contributed by atoms with Gasteiger partial charge in [-0.25, -0.2) is 9.37 Å². The fourth-order valence-electron chi connectivity index (χ4n) is 1.96. The number of aromatic nitrogens is 3. The Kier molecular flexibility index (Phi) is 3.76. The van der Waals surface area contributed by atoms with Crippen LogP contribution in [0.5, 0.6) is 0 Å².